The summed E-state index contributed by atoms with van der Waals surface area (Å²) in [6.45, 7) is 5.13. The number of amides is 1. The fourth-order valence-electron chi connectivity index (χ4n) is 1.27. The van der Waals surface area contributed by atoms with Crippen molar-refractivity contribution in [3.05, 3.63) is 24.3 Å². The van der Waals surface area contributed by atoms with E-state index in [1.807, 2.05) is 13.8 Å². The first-order valence-corrected chi connectivity index (χ1v) is 5.75. The van der Waals surface area contributed by atoms with Crippen molar-refractivity contribution in [1.82, 2.24) is 0 Å². The first-order chi connectivity index (χ1) is 8.40. The van der Waals surface area contributed by atoms with E-state index < -0.39 is 12.0 Å². The second-order valence-electron chi connectivity index (χ2n) is 4.40. The average molecular weight is 287 g/mol. The number of esters is 1. The molecule has 19 heavy (non-hydrogen) atoms. The molecule has 0 aliphatic rings. The SMILES string of the molecule is CC(=O)Nc1ccc(OC(=O)[C@@H](N)C(C)C)cc1.Cl. The monoisotopic (exact) mass is 286 g/mol. The lowest BCUT2D eigenvalue weighted by Gasteiger charge is -2.14. The zero-order chi connectivity index (χ0) is 13.7. The number of anilines is 1. The molecular weight excluding hydrogens is 268 g/mol. The van der Waals surface area contributed by atoms with E-state index in [0.29, 0.717) is 11.4 Å². The maximum Gasteiger partial charge on any atom is 0.328 e. The number of benzene rings is 1. The summed E-state index contributed by atoms with van der Waals surface area (Å²) in [5, 5.41) is 2.62. The van der Waals surface area contributed by atoms with Gasteiger partial charge in [-0.05, 0) is 30.2 Å². The zero-order valence-corrected chi connectivity index (χ0v) is 12.0. The fraction of sp³-hybridized carbons (Fsp3) is 0.385. The van der Waals surface area contributed by atoms with Crippen LogP contribution < -0.4 is 15.8 Å². The lowest BCUT2D eigenvalue weighted by Crippen LogP contribution is -2.38. The molecule has 1 aromatic rings. The largest absolute Gasteiger partial charge is 0.425 e. The van der Waals surface area contributed by atoms with Gasteiger partial charge in [-0.15, -0.1) is 12.4 Å². The van der Waals surface area contributed by atoms with Crippen LogP contribution in [0, 0.1) is 5.92 Å². The van der Waals surface area contributed by atoms with E-state index in [1.54, 1.807) is 24.3 Å². The van der Waals surface area contributed by atoms with Crippen LogP contribution in [0.5, 0.6) is 5.75 Å². The Morgan fingerprint density at radius 1 is 1.21 bits per heavy atom. The summed E-state index contributed by atoms with van der Waals surface area (Å²) in [6, 6.07) is 5.89. The minimum atomic E-state index is -0.639. The highest BCUT2D eigenvalue weighted by Gasteiger charge is 2.19. The molecule has 0 saturated carbocycles. The summed E-state index contributed by atoms with van der Waals surface area (Å²) >= 11 is 0. The number of carbonyl (C=O) groups is 2. The molecule has 0 aliphatic heterocycles. The van der Waals surface area contributed by atoms with Gasteiger partial charge in [0.05, 0.1) is 0 Å². The number of carbonyl (C=O) groups excluding carboxylic acids is 2. The minimum absolute atomic E-state index is 0. The molecule has 1 atom stereocenters. The number of nitrogens with one attached hydrogen (secondary N) is 1. The quantitative estimate of drug-likeness (QED) is 0.655. The molecule has 5 nitrogen and oxygen atoms in total. The molecule has 1 rings (SSSR count). The van der Waals surface area contributed by atoms with Gasteiger partial charge in [-0.3, -0.25) is 4.79 Å². The van der Waals surface area contributed by atoms with Gasteiger partial charge >= 0.3 is 5.97 Å². The molecule has 3 N–H and O–H groups in total. The lowest BCUT2D eigenvalue weighted by molar-refractivity contribution is -0.136. The molecule has 0 unspecified atom stereocenters. The number of hydrogen-bond acceptors (Lipinski definition) is 4. The Bertz CT molecular complexity index is 432. The third-order valence-corrected chi connectivity index (χ3v) is 2.38. The smallest absolute Gasteiger partial charge is 0.328 e. The average Bonchev–Trinajstić information content (AvgIpc) is 2.29. The highest BCUT2D eigenvalue weighted by atomic mass is 35.5. The van der Waals surface area contributed by atoms with E-state index in [2.05, 4.69) is 5.32 Å². The van der Waals surface area contributed by atoms with Crippen molar-refractivity contribution in [3.63, 3.8) is 0 Å². The highest BCUT2D eigenvalue weighted by Crippen LogP contribution is 2.16. The third-order valence-electron chi connectivity index (χ3n) is 2.38. The summed E-state index contributed by atoms with van der Waals surface area (Å²) < 4.78 is 5.12. The normalized spacial score (nSPS) is 11.4. The Balaban J connectivity index is 0.00000324. The van der Waals surface area contributed by atoms with E-state index in [0.717, 1.165) is 0 Å². The van der Waals surface area contributed by atoms with Crippen molar-refractivity contribution >= 4 is 30.0 Å². The van der Waals surface area contributed by atoms with Gasteiger partial charge in [-0.25, -0.2) is 4.79 Å². The summed E-state index contributed by atoms with van der Waals surface area (Å²) in [5.74, 6) is -0.180. The molecular formula is C13H19ClN2O3. The molecule has 0 bridgehead atoms. The molecule has 106 valence electrons. The van der Waals surface area contributed by atoms with Crippen molar-refractivity contribution in [2.75, 3.05) is 5.32 Å². The summed E-state index contributed by atoms with van der Waals surface area (Å²) in [6.07, 6.45) is 0. The van der Waals surface area contributed by atoms with Crippen LogP contribution in [0.2, 0.25) is 0 Å². The Morgan fingerprint density at radius 2 is 1.74 bits per heavy atom. The Labute approximate surface area is 118 Å². The predicted octanol–water partition coefficient (Wildman–Crippen LogP) is 1.96. The van der Waals surface area contributed by atoms with Gasteiger partial charge in [0, 0.05) is 12.6 Å². The molecule has 0 aliphatic carbocycles. The van der Waals surface area contributed by atoms with Crippen LogP contribution in [-0.4, -0.2) is 17.9 Å². The summed E-state index contributed by atoms with van der Waals surface area (Å²) in [4.78, 5) is 22.4. The van der Waals surface area contributed by atoms with E-state index in [4.69, 9.17) is 10.5 Å². The van der Waals surface area contributed by atoms with E-state index in [9.17, 15) is 9.59 Å². The predicted molar refractivity (Wildman–Crippen MR) is 76.4 cm³/mol. The van der Waals surface area contributed by atoms with Crippen molar-refractivity contribution in [2.45, 2.75) is 26.8 Å². The molecule has 6 heteroatoms. The molecule has 0 radical (unpaired) electrons. The number of ether oxygens (including phenoxy) is 1. The van der Waals surface area contributed by atoms with Crippen LogP contribution in [0.1, 0.15) is 20.8 Å². The number of nitrogens with two attached hydrogens (primary N) is 1. The Kier molecular flexibility index (Phi) is 7.11. The van der Waals surface area contributed by atoms with Gasteiger partial charge in [0.1, 0.15) is 11.8 Å². The van der Waals surface area contributed by atoms with Gasteiger partial charge in [0.2, 0.25) is 5.91 Å². The van der Waals surface area contributed by atoms with Crippen molar-refractivity contribution in [1.29, 1.82) is 0 Å². The number of hydrogen-bond donors (Lipinski definition) is 2. The number of rotatable bonds is 4. The third kappa shape index (κ3) is 5.72. The topological polar surface area (TPSA) is 81.4 Å². The summed E-state index contributed by atoms with van der Waals surface area (Å²) in [5.41, 5.74) is 6.32. The maximum absolute atomic E-state index is 11.6. The van der Waals surface area contributed by atoms with E-state index in [1.165, 1.54) is 6.92 Å². The Morgan fingerprint density at radius 3 is 2.16 bits per heavy atom. The molecule has 0 saturated heterocycles. The molecule has 0 aromatic heterocycles. The van der Waals surface area contributed by atoms with Crippen LogP contribution in [-0.2, 0) is 9.59 Å². The first-order valence-electron chi connectivity index (χ1n) is 5.75. The molecule has 1 amide bonds. The Hall–Kier alpha value is -1.59. The van der Waals surface area contributed by atoms with E-state index >= 15 is 0 Å². The zero-order valence-electron chi connectivity index (χ0n) is 11.2. The van der Waals surface area contributed by atoms with Crippen LogP contribution in [0.4, 0.5) is 5.69 Å². The van der Waals surface area contributed by atoms with Gasteiger partial charge < -0.3 is 15.8 Å². The second kappa shape index (κ2) is 7.76. The molecule has 0 fully saturated rings. The van der Waals surface area contributed by atoms with Crippen LogP contribution >= 0.6 is 12.4 Å². The maximum atomic E-state index is 11.6. The molecule has 0 spiro atoms. The van der Waals surface area contributed by atoms with Gasteiger partial charge in [0.15, 0.2) is 0 Å². The molecule has 0 heterocycles. The van der Waals surface area contributed by atoms with Crippen molar-refractivity contribution in [2.24, 2.45) is 11.7 Å². The van der Waals surface area contributed by atoms with Crippen molar-refractivity contribution in [3.8, 4) is 5.75 Å². The van der Waals surface area contributed by atoms with Gasteiger partial charge in [0.25, 0.3) is 0 Å². The van der Waals surface area contributed by atoms with Crippen LogP contribution in [0.15, 0.2) is 24.3 Å². The number of halogens is 1. The second-order valence-corrected chi connectivity index (χ2v) is 4.40. The van der Waals surface area contributed by atoms with Crippen LogP contribution in [0.3, 0.4) is 0 Å². The van der Waals surface area contributed by atoms with Gasteiger partial charge in [-0.2, -0.15) is 0 Å². The van der Waals surface area contributed by atoms with E-state index in [-0.39, 0.29) is 24.2 Å². The van der Waals surface area contributed by atoms with Gasteiger partial charge in [-0.1, -0.05) is 13.8 Å². The van der Waals surface area contributed by atoms with Crippen LogP contribution in [0.25, 0.3) is 0 Å². The minimum Gasteiger partial charge on any atom is -0.425 e. The first kappa shape index (κ1) is 17.4. The lowest BCUT2D eigenvalue weighted by atomic mass is 10.1. The van der Waals surface area contributed by atoms with Crippen molar-refractivity contribution < 1.29 is 14.3 Å². The summed E-state index contributed by atoms with van der Waals surface area (Å²) in [7, 11) is 0. The highest BCUT2D eigenvalue weighted by molar-refractivity contribution is 5.88. The molecule has 1 aromatic carbocycles. The fourth-order valence-corrected chi connectivity index (χ4v) is 1.27. The standard InChI is InChI=1S/C13H18N2O3.ClH/c1-8(2)12(14)13(17)18-11-6-4-10(5-7-11)15-9(3)16;/h4-8,12H,14H2,1-3H3,(H,15,16);1H/t12-;/m0./s1.